The minimum atomic E-state index is 0.136. The zero-order chi connectivity index (χ0) is 14.7. The maximum atomic E-state index is 12.7. The lowest BCUT2D eigenvalue weighted by Gasteiger charge is -2.35. The van der Waals surface area contributed by atoms with Crippen LogP contribution in [-0.2, 0) is 6.42 Å². The Kier molecular flexibility index (Phi) is 4.63. The number of nitrogens with one attached hydrogen (secondary N) is 1. The van der Waals surface area contributed by atoms with Crippen LogP contribution in [0.25, 0.3) is 0 Å². The molecular formula is C16H25N3O. The number of carbonyl (C=O) groups excluding carboxylic acids is 1. The fourth-order valence-electron chi connectivity index (χ4n) is 2.65. The van der Waals surface area contributed by atoms with Crippen molar-refractivity contribution in [3.63, 3.8) is 0 Å². The predicted octanol–water partition coefficient (Wildman–Crippen LogP) is 2.80. The molecule has 110 valence electrons. The normalized spacial score (nSPS) is 22.7. The summed E-state index contributed by atoms with van der Waals surface area (Å²) in [4.78, 5) is 19.1. The number of rotatable bonds is 3. The number of hydrogen-bond donors (Lipinski definition) is 1. The van der Waals surface area contributed by atoms with Crippen molar-refractivity contribution >= 4 is 11.7 Å². The summed E-state index contributed by atoms with van der Waals surface area (Å²) >= 11 is 0. The van der Waals surface area contributed by atoms with E-state index >= 15 is 0 Å². The number of hydrogen-bond acceptors (Lipinski definition) is 3. The number of pyridine rings is 1. The van der Waals surface area contributed by atoms with Crippen LogP contribution in [0.4, 0.5) is 5.82 Å². The van der Waals surface area contributed by atoms with Crippen LogP contribution in [0.3, 0.4) is 0 Å². The Morgan fingerprint density at radius 2 is 2.15 bits per heavy atom. The minimum Gasteiger partial charge on any atom is -0.373 e. The van der Waals surface area contributed by atoms with E-state index in [2.05, 4.69) is 31.1 Å². The number of aryl methyl sites for hydroxylation is 1. The molecule has 1 fully saturated rings. The van der Waals surface area contributed by atoms with Crippen LogP contribution < -0.4 is 5.32 Å². The Morgan fingerprint density at radius 3 is 2.75 bits per heavy atom. The van der Waals surface area contributed by atoms with Gasteiger partial charge in [-0.1, -0.05) is 20.8 Å². The van der Waals surface area contributed by atoms with Crippen molar-refractivity contribution in [2.45, 2.75) is 33.6 Å². The molecule has 0 spiro atoms. The Hall–Kier alpha value is -1.58. The average Bonchev–Trinajstić information content (AvgIpc) is 2.48. The Morgan fingerprint density at radius 1 is 1.40 bits per heavy atom. The summed E-state index contributed by atoms with van der Waals surface area (Å²) in [5, 5.41) is 3.03. The number of likely N-dealkylation sites (tertiary alicyclic amines) is 1. The first kappa shape index (κ1) is 14.8. The molecular weight excluding hydrogens is 250 g/mol. The third-order valence-corrected chi connectivity index (χ3v) is 4.37. The Bertz CT molecular complexity index is 464. The van der Waals surface area contributed by atoms with E-state index in [4.69, 9.17) is 0 Å². The molecule has 4 nitrogen and oxygen atoms in total. The maximum absolute atomic E-state index is 12.7. The monoisotopic (exact) mass is 275 g/mol. The van der Waals surface area contributed by atoms with Crippen LogP contribution in [0, 0.1) is 11.8 Å². The summed E-state index contributed by atoms with van der Waals surface area (Å²) in [6.07, 6.45) is 1.93. The lowest BCUT2D eigenvalue weighted by Crippen LogP contribution is -2.42. The molecule has 1 aromatic heterocycles. The molecule has 0 bridgehead atoms. The SMILES string of the molecule is CCc1cc(C(=O)N2CCC(C)C(C)C2)cc(NC)n1. The molecule has 2 unspecified atom stereocenters. The van der Waals surface area contributed by atoms with E-state index in [1.165, 1.54) is 0 Å². The van der Waals surface area contributed by atoms with Crippen LogP contribution in [0.5, 0.6) is 0 Å². The molecule has 1 amide bonds. The number of amides is 1. The van der Waals surface area contributed by atoms with Gasteiger partial charge in [0.05, 0.1) is 0 Å². The van der Waals surface area contributed by atoms with Gasteiger partial charge < -0.3 is 10.2 Å². The highest BCUT2D eigenvalue weighted by atomic mass is 16.2. The highest BCUT2D eigenvalue weighted by molar-refractivity contribution is 5.95. The molecule has 0 aliphatic carbocycles. The fraction of sp³-hybridized carbons (Fsp3) is 0.625. The quantitative estimate of drug-likeness (QED) is 0.922. The average molecular weight is 275 g/mol. The summed E-state index contributed by atoms with van der Waals surface area (Å²) < 4.78 is 0. The number of carbonyl (C=O) groups is 1. The van der Waals surface area contributed by atoms with Gasteiger partial charge in [0.15, 0.2) is 0 Å². The number of aromatic nitrogens is 1. The minimum absolute atomic E-state index is 0.136. The van der Waals surface area contributed by atoms with Gasteiger partial charge in [0.25, 0.3) is 5.91 Å². The Labute approximate surface area is 121 Å². The van der Waals surface area contributed by atoms with Crippen molar-refractivity contribution < 1.29 is 4.79 Å². The molecule has 1 N–H and O–H groups in total. The largest absolute Gasteiger partial charge is 0.373 e. The van der Waals surface area contributed by atoms with Gasteiger partial charge in [-0.05, 0) is 36.8 Å². The number of piperidine rings is 1. The lowest BCUT2D eigenvalue weighted by atomic mass is 9.88. The topological polar surface area (TPSA) is 45.2 Å². The van der Waals surface area contributed by atoms with Crippen molar-refractivity contribution in [2.24, 2.45) is 11.8 Å². The van der Waals surface area contributed by atoms with Gasteiger partial charge in [-0.2, -0.15) is 0 Å². The molecule has 4 heteroatoms. The van der Waals surface area contributed by atoms with Gasteiger partial charge in [0.1, 0.15) is 5.82 Å². The first-order valence-electron chi connectivity index (χ1n) is 7.53. The first-order valence-corrected chi connectivity index (χ1v) is 7.53. The molecule has 2 heterocycles. The molecule has 0 saturated carbocycles. The van der Waals surface area contributed by atoms with Crippen LogP contribution in [0.1, 0.15) is 43.2 Å². The summed E-state index contributed by atoms with van der Waals surface area (Å²) in [6.45, 7) is 8.28. The molecule has 2 rings (SSSR count). The van der Waals surface area contributed by atoms with E-state index < -0.39 is 0 Å². The van der Waals surface area contributed by atoms with Crippen LogP contribution in [0.2, 0.25) is 0 Å². The fourth-order valence-corrected chi connectivity index (χ4v) is 2.65. The third kappa shape index (κ3) is 3.11. The molecule has 2 atom stereocenters. The van der Waals surface area contributed by atoms with Gasteiger partial charge >= 0.3 is 0 Å². The number of nitrogens with zero attached hydrogens (tertiary/aromatic N) is 2. The molecule has 1 saturated heterocycles. The van der Waals surface area contributed by atoms with E-state index in [1.807, 2.05) is 24.1 Å². The maximum Gasteiger partial charge on any atom is 0.254 e. The summed E-state index contributed by atoms with van der Waals surface area (Å²) in [5.41, 5.74) is 1.71. The van der Waals surface area contributed by atoms with Crippen LogP contribution in [-0.4, -0.2) is 35.9 Å². The molecule has 1 aliphatic heterocycles. The molecule has 0 radical (unpaired) electrons. The van der Waals surface area contributed by atoms with Gasteiger partial charge in [-0.25, -0.2) is 4.98 Å². The molecule has 1 aromatic rings. The third-order valence-electron chi connectivity index (χ3n) is 4.37. The van der Waals surface area contributed by atoms with Crippen molar-refractivity contribution in [1.29, 1.82) is 0 Å². The van der Waals surface area contributed by atoms with Gasteiger partial charge in [-0.15, -0.1) is 0 Å². The van der Waals surface area contributed by atoms with Crippen molar-refractivity contribution in [1.82, 2.24) is 9.88 Å². The zero-order valence-corrected chi connectivity index (χ0v) is 12.9. The van der Waals surface area contributed by atoms with Gasteiger partial charge in [-0.3, -0.25) is 4.79 Å². The van der Waals surface area contributed by atoms with Crippen molar-refractivity contribution in [3.05, 3.63) is 23.4 Å². The van der Waals surface area contributed by atoms with E-state index in [-0.39, 0.29) is 5.91 Å². The van der Waals surface area contributed by atoms with E-state index in [1.54, 1.807) is 0 Å². The van der Waals surface area contributed by atoms with Crippen LogP contribution >= 0.6 is 0 Å². The lowest BCUT2D eigenvalue weighted by molar-refractivity contribution is 0.0627. The smallest absolute Gasteiger partial charge is 0.254 e. The zero-order valence-electron chi connectivity index (χ0n) is 12.9. The van der Waals surface area contributed by atoms with E-state index in [0.717, 1.165) is 43.0 Å². The second-order valence-electron chi connectivity index (χ2n) is 5.83. The van der Waals surface area contributed by atoms with E-state index in [9.17, 15) is 4.79 Å². The highest BCUT2D eigenvalue weighted by Crippen LogP contribution is 2.24. The predicted molar refractivity (Wildman–Crippen MR) is 82.0 cm³/mol. The van der Waals surface area contributed by atoms with Gasteiger partial charge in [0.2, 0.25) is 0 Å². The second-order valence-corrected chi connectivity index (χ2v) is 5.83. The molecule has 1 aliphatic rings. The molecule has 0 aromatic carbocycles. The van der Waals surface area contributed by atoms with Gasteiger partial charge in [0, 0.05) is 31.4 Å². The van der Waals surface area contributed by atoms with Crippen molar-refractivity contribution in [3.8, 4) is 0 Å². The van der Waals surface area contributed by atoms with Crippen molar-refractivity contribution in [2.75, 3.05) is 25.5 Å². The second kappa shape index (κ2) is 6.25. The summed E-state index contributed by atoms with van der Waals surface area (Å²) in [6, 6.07) is 3.77. The van der Waals surface area contributed by atoms with Crippen LogP contribution in [0.15, 0.2) is 12.1 Å². The van der Waals surface area contributed by atoms with E-state index in [0.29, 0.717) is 11.8 Å². The summed E-state index contributed by atoms with van der Waals surface area (Å²) in [5.74, 6) is 2.18. The standard InChI is InChI=1S/C16H25N3O/c1-5-14-8-13(9-15(17-4)18-14)16(20)19-7-6-11(2)12(3)10-19/h8-9,11-12H,5-7,10H2,1-4H3,(H,17,18). The molecule has 20 heavy (non-hydrogen) atoms. The Balaban J connectivity index is 2.20. The number of anilines is 1. The highest BCUT2D eigenvalue weighted by Gasteiger charge is 2.26. The first-order chi connectivity index (χ1) is 9.55. The summed E-state index contributed by atoms with van der Waals surface area (Å²) in [7, 11) is 1.83.